The van der Waals surface area contributed by atoms with Crippen molar-refractivity contribution < 1.29 is 4.79 Å². The molecule has 2 aromatic rings. The van der Waals surface area contributed by atoms with E-state index in [1.807, 2.05) is 25.1 Å². The van der Waals surface area contributed by atoms with Gasteiger partial charge in [-0.1, -0.05) is 25.6 Å². The van der Waals surface area contributed by atoms with Gasteiger partial charge in [-0.05, 0) is 24.6 Å². The van der Waals surface area contributed by atoms with E-state index in [9.17, 15) is 4.79 Å². The predicted molar refractivity (Wildman–Crippen MR) is 83.4 cm³/mol. The number of hydrogen-bond donors (Lipinski definition) is 2. The highest BCUT2D eigenvalue weighted by Gasteiger charge is 2.20. The quantitative estimate of drug-likeness (QED) is 0.832. The van der Waals surface area contributed by atoms with Gasteiger partial charge in [-0.25, -0.2) is 4.98 Å². The summed E-state index contributed by atoms with van der Waals surface area (Å²) in [7, 11) is 0. The number of thiazole rings is 1. The van der Waals surface area contributed by atoms with Crippen molar-refractivity contribution in [2.75, 3.05) is 5.32 Å². The molecule has 0 aliphatic rings. The van der Waals surface area contributed by atoms with Gasteiger partial charge in [-0.3, -0.25) is 4.79 Å². The SMILES string of the molecule is CCCC(C(=O)Nc1ccc2ncsc2c1)C(N)=S. The first-order valence-electron chi connectivity index (χ1n) is 6.05. The Kier molecular flexibility index (Phi) is 4.44. The minimum absolute atomic E-state index is 0.141. The van der Waals surface area contributed by atoms with Gasteiger partial charge < -0.3 is 11.1 Å². The summed E-state index contributed by atoms with van der Waals surface area (Å²) >= 11 is 6.49. The molecule has 0 saturated carbocycles. The number of hydrogen-bond acceptors (Lipinski definition) is 4. The predicted octanol–water partition coefficient (Wildman–Crippen LogP) is 2.94. The smallest absolute Gasteiger partial charge is 0.234 e. The van der Waals surface area contributed by atoms with Crippen molar-refractivity contribution in [2.24, 2.45) is 11.7 Å². The molecule has 6 heteroatoms. The third-order valence-corrected chi connectivity index (χ3v) is 3.91. The van der Waals surface area contributed by atoms with Gasteiger partial charge in [0.25, 0.3) is 0 Å². The Morgan fingerprint density at radius 2 is 2.37 bits per heavy atom. The lowest BCUT2D eigenvalue weighted by Crippen LogP contribution is -2.33. The van der Waals surface area contributed by atoms with Crippen LogP contribution in [0, 0.1) is 5.92 Å². The van der Waals surface area contributed by atoms with E-state index in [4.69, 9.17) is 18.0 Å². The molecular weight excluding hydrogens is 278 g/mol. The first kappa shape index (κ1) is 13.9. The summed E-state index contributed by atoms with van der Waals surface area (Å²) < 4.78 is 1.04. The van der Waals surface area contributed by atoms with Gasteiger partial charge in [0.2, 0.25) is 5.91 Å². The summed E-state index contributed by atoms with van der Waals surface area (Å²) in [5, 5.41) is 2.86. The molecule has 100 valence electrons. The Bertz CT molecular complexity index is 609. The highest BCUT2D eigenvalue weighted by molar-refractivity contribution is 7.80. The van der Waals surface area contributed by atoms with Crippen molar-refractivity contribution in [3.8, 4) is 0 Å². The van der Waals surface area contributed by atoms with Crippen LogP contribution >= 0.6 is 23.6 Å². The average Bonchev–Trinajstić information content (AvgIpc) is 2.82. The largest absolute Gasteiger partial charge is 0.393 e. The highest BCUT2D eigenvalue weighted by atomic mass is 32.1. The maximum atomic E-state index is 12.1. The second-order valence-electron chi connectivity index (χ2n) is 4.27. The maximum absolute atomic E-state index is 12.1. The van der Waals surface area contributed by atoms with E-state index in [-0.39, 0.29) is 10.9 Å². The monoisotopic (exact) mass is 293 g/mol. The summed E-state index contributed by atoms with van der Waals surface area (Å²) in [6.45, 7) is 2.00. The molecule has 1 atom stereocenters. The summed E-state index contributed by atoms with van der Waals surface area (Å²) in [4.78, 5) is 16.6. The number of aromatic nitrogens is 1. The van der Waals surface area contributed by atoms with Gasteiger partial charge in [0.05, 0.1) is 26.6 Å². The fourth-order valence-corrected chi connectivity index (χ4v) is 2.79. The van der Waals surface area contributed by atoms with Crippen LogP contribution in [-0.2, 0) is 4.79 Å². The fraction of sp³-hybridized carbons (Fsp3) is 0.308. The second kappa shape index (κ2) is 6.08. The van der Waals surface area contributed by atoms with Crippen LogP contribution in [-0.4, -0.2) is 15.9 Å². The Morgan fingerprint density at radius 3 is 3.05 bits per heavy atom. The molecule has 19 heavy (non-hydrogen) atoms. The van der Waals surface area contributed by atoms with E-state index in [1.165, 1.54) is 0 Å². The standard InChI is InChI=1S/C13H15N3OS2/c1-2-3-9(12(14)18)13(17)16-8-4-5-10-11(6-8)19-7-15-10/h4-7,9H,2-3H2,1H3,(H2,14,18)(H,16,17). The number of nitrogens with two attached hydrogens (primary N) is 1. The van der Waals surface area contributed by atoms with Gasteiger partial charge in [0, 0.05) is 5.69 Å². The molecule has 0 saturated heterocycles. The third kappa shape index (κ3) is 3.27. The van der Waals surface area contributed by atoms with E-state index in [1.54, 1.807) is 16.8 Å². The zero-order valence-corrected chi connectivity index (χ0v) is 12.2. The van der Waals surface area contributed by atoms with Crippen molar-refractivity contribution in [3.05, 3.63) is 23.7 Å². The first-order chi connectivity index (χ1) is 9.11. The van der Waals surface area contributed by atoms with E-state index in [2.05, 4.69) is 10.3 Å². The molecule has 1 unspecified atom stereocenters. The number of carbonyl (C=O) groups excluding carboxylic acids is 1. The lowest BCUT2D eigenvalue weighted by atomic mass is 10.0. The molecule has 1 amide bonds. The molecule has 0 aliphatic heterocycles. The lowest BCUT2D eigenvalue weighted by molar-refractivity contribution is -0.118. The van der Waals surface area contributed by atoms with Gasteiger partial charge in [-0.2, -0.15) is 0 Å². The molecule has 0 spiro atoms. The van der Waals surface area contributed by atoms with Crippen LogP contribution in [0.1, 0.15) is 19.8 Å². The van der Waals surface area contributed by atoms with Crippen LogP contribution < -0.4 is 11.1 Å². The van der Waals surface area contributed by atoms with E-state index >= 15 is 0 Å². The number of benzene rings is 1. The molecule has 1 heterocycles. The van der Waals surface area contributed by atoms with Crippen molar-refractivity contribution in [1.82, 2.24) is 4.98 Å². The van der Waals surface area contributed by atoms with Gasteiger partial charge in [0.15, 0.2) is 0 Å². The van der Waals surface area contributed by atoms with Crippen molar-refractivity contribution in [1.29, 1.82) is 0 Å². The summed E-state index contributed by atoms with van der Waals surface area (Å²) in [6.07, 6.45) is 1.53. The number of fused-ring (bicyclic) bond motifs is 1. The minimum Gasteiger partial charge on any atom is -0.393 e. The number of thiocarbonyl (C=S) groups is 1. The van der Waals surface area contributed by atoms with E-state index < -0.39 is 5.92 Å². The van der Waals surface area contributed by atoms with Crippen LogP contribution in [0.2, 0.25) is 0 Å². The second-order valence-corrected chi connectivity index (χ2v) is 5.63. The number of nitrogens with zero attached hydrogens (tertiary/aromatic N) is 1. The summed E-state index contributed by atoms with van der Waals surface area (Å²) in [5.74, 6) is -0.546. The highest BCUT2D eigenvalue weighted by Crippen LogP contribution is 2.22. The zero-order valence-electron chi connectivity index (χ0n) is 10.6. The molecule has 1 aromatic heterocycles. The van der Waals surface area contributed by atoms with Crippen molar-refractivity contribution in [3.63, 3.8) is 0 Å². The first-order valence-corrected chi connectivity index (χ1v) is 7.34. The van der Waals surface area contributed by atoms with Crippen molar-refractivity contribution >= 4 is 50.4 Å². The number of carbonyl (C=O) groups is 1. The Labute approximate surface area is 121 Å². The Balaban J connectivity index is 2.14. The number of anilines is 1. The zero-order chi connectivity index (χ0) is 13.8. The van der Waals surface area contributed by atoms with Gasteiger partial charge in [0.1, 0.15) is 0 Å². The van der Waals surface area contributed by atoms with Crippen LogP contribution in [0.4, 0.5) is 5.69 Å². The molecule has 0 fully saturated rings. The number of rotatable bonds is 5. The molecule has 0 aliphatic carbocycles. The molecule has 0 bridgehead atoms. The summed E-state index contributed by atoms with van der Waals surface area (Å²) in [5.41, 5.74) is 9.08. The van der Waals surface area contributed by atoms with Crippen LogP contribution in [0.3, 0.4) is 0 Å². The van der Waals surface area contributed by atoms with E-state index in [0.717, 1.165) is 22.3 Å². The molecule has 2 rings (SSSR count). The molecule has 1 aromatic carbocycles. The minimum atomic E-state index is -0.405. The average molecular weight is 293 g/mol. The molecular formula is C13H15N3OS2. The van der Waals surface area contributed by atoms with Crippen LogP contribution in [0.15, 0.2) is 23.7 Å². The molecule has 3 N–H and O–H groups in total. The fourth-order valence-electron chi connectivity index (χ4n) is 1.85. The van der Waals surface area contributed by atoms with Crippen LogP contribution in [0.25, 0.3) is 10.2 Å². The van der Waals surface area contributed by atoms with Crippen molar-refractivity contribution in [2.45, 2.75) is 19.8 Å². The maximum Gasteiger partial charge on any atom is 0.234 e. The normalized spacial score (nSPS) is 12.3. The Morgan fingerprint density at radius 1 is 1.58 bits per heavy atom. The molecule has 4 nitrogen and oxygen atoms in total. The molecule has 0 radical (unpaired) electrons. The third-order valence-electron chi connectivity index (χ3n) is 2.84. The number of nitrogens with one attached hydrogen (secondary N) is 1. The lowest BCUT2D eigenvalue weighted by Gasteiger charge is -2.14. The van der Waals surface area contributed by atoms with Crippen LogP contribution in [0.5, 0.6) is 0 Å². The number of amides is 1. The summed E-state index contributed by atoms with van der Waals surface area (Å²) in [6, 6.07) is 5.63. The topological polar surface area (TPSA) is 68.0 Å². The van der Waals surface area contributed by atoms with E-state index in [0.29, 0.717) is 6.42 Å². The van der Waals surface area contributed by atoms with Gasteiger partial charge >= 0.3 is 0 Å². The Hall–Kier alpha value is -1.53. The van der Waals surface area contributed by atoms with Gasteiger partial charge in [-0.15, -0.1) is 11.3 Å².